The van der Waals surface area contributed by atoms with E-state index in [9.17, 15) is 0 Å². The van der Waals surface area contributed by atoms with E-state index in [-0.39, 0.29) is 0 Å². The van der Waals surface area contributed by atoms with Gasteiger partial charge in [0.25, 0.3) is 0 Å². The maximum atomic E-state index is 5.86. The Bertz CT molecular complexity index is 1680. The number of hydrogen-bond donors (Lipinski definition) is 2. The van der Waals surface area contributed by atoms with Gasteiger partial charge in [-0.1, -0.05) is 0 Å². The Labute approximate surface area is 207 Å². The molecule has 0 bridgehead atoms. The summed E-state index contributed by atoms with van der Waals surface area (Å²) in [5, 5.41) is 9.64. The van der Waals surface area contributed by atoms with Gasteiger partial charge in [-0.3, -0.25) is 19.6 Å². The van der Waals surface area contributed by atoms with Crippen molar-refractivity contribution in [2.45, 2.75) is 6.92 Å². The Morgan fingerprint density at radius 3 is 2.75 bits per heavy atom. The Hall–Kier alpha value is -4.57. The Morgan fingerprint density at radius 1 is 1.00 bits per heavy atom. The van der Waals surface area contributed by atoms with Crippen molar-refractivity contribution < 1.29 is 4.74 Å². The molecule has 6 rings (SSSR count). The number of H-pyrrole nitrogens is 2. The van der Waals surface area contributed by atoms with Crippen LogP contribution >= 0.6 is 0 Å². The van der Waals surface area contributed by atoms with Gasteiger partial charge >= 0.3 is 0 Å². The summed E-state index contributed by atoms with van der Waals surface area (Å²) < 4.78 is 7.79. The molecule has 0 aliphatic heterocycles. The normalized spacial score (nSPS) is 11.7. The van der Waals surface area contributed by atoms with Crippen LogP contribution in [0.4, 0.5) is 0 Å². The third kappa shape index (κ3) is 4.07. The van der Waals surface area contributed by atoms with E-state index in [1.54, 1.807) is 31.1 Å². The van der Waals surface area contributed by atoms with Gasteiger partial charge in [-0.2, -0.15) is 5.10 Å². The van der Waals surface area contributed by atoms with E-state index >= 15 is 0 Å². The predicted molar refractivity (Wildman–Crippen MR) is 138 cm³/mol. The summed E-state index contributed by atoms with van der Waals surface area (Å²) in [7, 11) is 4.03. The van der Waals surface area contributed by atoms with Gasteiger partial charge in [-0.25, -0.2) is 9.97 Å². The van der Waals surface area contributed by atoms with Crippen LogP contribution in [-0.2, 0) is 0 Å². The van der Waals surface area contributed by atoms with Crippen LogP contribution in [-0.4, -0.2) is 71.8 Å². The van der Waals surface area contributed by atoms with E-state index in [1.807, 2.05) is 50.0 Å². The Balaban J connectivity index is 1.37. The lowest BCUT2D eigenvalue weighted by Gasteiger charge is -2.11. The van der Waals surface area contributed by atoms with Crippen molar-refractivity contribution >= 4 is 21.8 Å². The number of hydrogen-bond acceptors (Lipinski definition) is 7. The molecular formula is C26H25N9O. The molecule has 0 amide bonds. The van der Waals surface area contributed by atoms with Gasteiger partial charge in [0.2, 0.25) is 0 Å². The number of aromatic amines is 2. The molecule has 0 aliphatic carbocycles. The first-order valence-electron chi connectivity index (χ1n) is 11.6. The van der Waals surface area contributed by atoms with E-state index in [0.29, 0.717) is 12.4 Å². The summed E-state index contributed by atoms with van der Waals surface area (Å²) in [5.74, 6) is 1.53. The number of nitrogens with one attached hydrogen (secondary N) is 2. The second-order valence-corrected chi connectivity index (χ2v) is 8.95. The summed E-state index contributed by atoms with van der Waals surface area (Å²) >= 11 is 0. The monoisotopic (exact) mass is 479 g/mol. The van der Waals surface area contributed by atoms with Crippen LogP contribution in [0.2, 0.25) is 0 Å². The number of ether oxygens (including phenoxy) is 1. The number of likely N-dealkylation sites (N-methyl/N-ethyl adjacent to an activating group) is 1. The zero-order chi connectivity index (χ0) is 24.6. The van der Waals surface area contributed by atoms with Gasteiger partial charge in [-0.15, -0.1) is 0 Å². The number of nitrogens with zero attached hydrogens (tertiary/aromatic N) is 7. The smallest absolute Gasteiger partial charge is 0.147 e. The third-order valence-electron chi connectivity index (χ3n) is 6.00. The van der Waals surface area contributed by atoms with Crippen LogP contribution in [0.3, 0.4) is 0 Å². The molecule has 180 valence electrons. The third-order valence-corrected chi connectivity index (χ3v) is 6.00. The molecule has 6 aromatic rings. The zero-order valence-corrected chi connectivity index (χ0v) is 20.2. The molecule has 10 nitrogen and oxygen atoms in total. The summed E-state index contributed by atoms with van der Waals surface area (Å²) in [6, 6.07) is 8.02. The van der Waals surface area contributed by atoms with Gasteiger partial charge in [0.05, 0.1) is 40.5 Å². The maximum Gasteiger partial charge on any atom is 0.147 e. The van der Waals surface area contributed by atoms with Crippen LogP contribution in [0.15, 0.2) is 61.6 Å². The molecule has 0 unspecified atom stereocenters. The van der Waals surface area contributed by atoms with Gasteiger partial charge in [0.15, 0.2) is 0 Å². The molecule has 0 saturated heterocycles. The fourth-order valence-electron chi connectivity index (χ4n) is 4.17. The molecule has 0 saturated carbocycles. The first-order chi connectivity index (χ1) is 17.5. The zero-order valence-electron chi connectivity index (χ0n) is 20.2. The molecule has 36 heavy (non-hydrogen) atoms. The first-order valence-corrected chi connectivity index (χ1v) is 11.6. The number of aromatic nitrogens is 8. The standard InChI is InChI=1S/C26H25N9O/c1-16-14-35(15-30-16)26-20-10-23(31-21(20)4-5-28-26)25-19-9-22(29-13-24(19)32-33-25)17-8-18(12-27-11-17)36-7-6-34(2)3/h4-5,8-15,31H,6-7H2,1-3H3,(H,32,33). The molecule has 10 heteroatoms. The van der Waals surface area contributed by atoms with Crippen molar-refractivity contribution in [1.29, 1.82) is 0 Å². The number of fused-ring (bicyclic) bond motifs is 2. The number of aryl methyl sites for hydroxylation is 1. The van der Waals surface area contributed by atoms with Crippen LogP contribution in [0.25, 0.3) is 50.3 Å². The molecule has 0 fully saturated rings. The molecule has 2 N–H and O–H groups in total. The number of rotatable bonds is 7. The minimum atomic E-state index is 0.590. The SMILES string of the molecule is Cc1cn(-c2nccc3[nH]c(-c4n[nH]c5cnc(-c6cncc(OCCN(C)C)c6)cc45)cc23)cn1. The van der Waals surface area contributed by atoms with Crippen molar-refractivity contribution in [3.63, 3.8) is 0 Å². The van der Waals surface area contributed by atoms with E-state index in [0.717, 1.165) is 62.5 Å². The van der Waals surface area contributed by atoms with Crippen LogP contribution in [0.5, 0.6) is 5.75 Å². The van der Waals surface area contributed by atoms with Crippen molar-refractivity contribution in [3.05, 3.63) is 67.3 Å². The van der Waals surface area contributed by atoms with E-state index in [4.69, 9.17) is 4.74 Å². The fraction of sp³-hybridized carbons (Fsp3) is 0.192. The summed E-state index contributed by atoms with van der Waals surface area (Å²) in [4.78, 5) is 23.5. The number of imidazole rings is 1. The van der Waals surface area contributed by atoms with Gasteiger partial charge in [0.1, 0.15) is 30.2 Å². The van der Waals surface area contributed by atoms with Crippen LogP contribution in [0.1, 0.15) is 5.69 Å². The molecule has 6 heterocycles. The Kier molecular flexibility index (Phi) is 5.42. The van der Waals surface area contributed by atoms with E-state index in [2.05, 4.69) is 46.1 Å². The fourth-order valence-corrected chi connectivity index (χ4v) is 4.17. The van der Waals surface area contributed by atoms with Gasteiger partial charge in [-0.05, 0) is 45.3 Å². The lowest BCUT2D eigenvalue weighted by atomic mass is 10.1. The average molecular weight is 480 g/mol. The molecule has 0 aromatic carbocycles. The second kappa shape index (κ2) is 8.90. The van der Waals surface area contributed by atoms with E-state index < -0.39 is 0 Å². The number of pyridine rings is 3. The van der Waals surface area contributed by atoms with Crippen molar-refractivity contribution in [1.82, 2.24) is 44.6 Å². The highest BCUT2D eigenvalue weighted by atomic mass is 16.5. The highest BCUT2D eigenvalue weighted by Crippen LogP contribution is 2.32. The maximum absolute atomic E-state index is 5.86. The van der Waals surface area contributed by atoms with Crippen molar-refractivity contribution in [3.8, 4) is 34.2 Å². The summed E-state index contributed by atoms with van der Waals surface area (Å²) in [6.07, 6.45) is 10.8. The minimum absolute atomic E-state index is 0.590. The van der Waals surface area contributed by atoms with Crippen LogP contribution in [0, 0.1) is 6.92 Å². The van der Waals surface area contributed by atoms with Crippen molar-refractivity contribution in [2.24, 2.45) is 0 Å². The minimum Gasteiger partial charge on any atom is -0.491 e. The highest BCUT2D eigenvalue weighted by Gasteiger charge is 2.16. The molecule has 0 radical (unpaired) electrons. The largest absolute Gasteiger partial charge is 0.491 e. The average Bonchev–Trinajstić information content (AvgIpc) is 3.61. The first kappa shape index (κ1) is 21.9. The predicted octanol–water partition coefficient (Wildman–Crippen LogP) is 4.00. The lowest BCUT2D eigenvalue weighted by Crippen LogP contribution is -2.19. The molecule has 0 spiro atoms. The summed E-state index contributed by atoms with van der Waals surface area (Å²) in [6.45, 7) is 3.38. The quantitative estimate of drug-likeness (QED) is 0.356. The molecular weight excluding hydrogens is 454 g/mol. The molecule has 0 aliphatic rings. The van der Waals surface area contributed by atoms with Gasteiger partial charge in [0, 0.05) is 41.5 Å². The van der Waals surface area contributed by atoms with Crippen LogP contribution < -0.4 is 4.74 Å². The topological polar surface area (TPSA) is 113 Å². The van der Waals surface area contributed by atoms with E-state index in [1.165, 1.54) is 0 Å². The highest BCUT2D eigenvalue weighted by molar-refractivity contribution is 5.98. The second-order valence-electron chi connectivity index (χ2n) is 8.95. The molecule has 6 aromatic heterocycles. The summed E-state index contributed by atoms with van der Waals surface area (Å²) in [5.41, 5.74) is 6.13. The lowest BCUT2D eigenvalue weighted by molar-refractivity contribution is 0.261. The molecule has 0 atom stereocenters. The Morgan fingerprint density at radius 2 is 1.92 bits per heavy atom. The van der Waals surface area contributed by atoms with Crippen molar-refractivity contribution in [2.75, 3.05) is 27.2 Å². The van der Waals surface area contributed by atoms with Gasteiger partial charge < -0.3 is 14.6 Å².